The third kappa shape index (κ3) is 4.01. The second kappa shape index (κ2) is 7.59. The zero-order valence-electron chi connectivity index (χ0n) is 13.2. The van der Waals surface area contributed by atoms with Gasteiger partial charge in [-0.1, -0.05) is 30.3 Å². The summed E-state index contributed by atoms with van der Waals surface area (Å²) < 4.78 is 5.76. The number of likely N-dealkylation sites (tertiary alicyclic amines) is 1. The third-order valence-corrected chi connectivity index (χ3v) is 5.13. The summed E-state index contributed by atoms with van der Waals surface area (Å²) in [5, 5.41) is 8.95. The molecular formula is C18H19NO4S. The van der Waals surface area contributed by atoms with Gasteiger partial charge in [-0.2, -0.15) is 0 Å². The van der Waals surface area contributed by atoms with Crippen molar-refractivity contribution in [2.75, 3.05) is 19.7 Å². The molecule has 2 aromatic rings. The van der Waals surface area contributed by atoms with E-state index in [0.717, 1.165) is 23.3 Å². The third-order valence-electron chi connectivity index (χ3n) is 4.07. The van der Waals surface area contributed by atoms with Gasteiger partial charge in [0.05, 0.1) is 18.1 Å². The monoisotopic (exact) mass is 345 g/mol. The van der Waals surface area contributed by atoms with Crippen molar-refractivity contribution in [1.82, 2.24) is 4.90 Å². The Balaban J connectivity index is 1.47. The van der Waals surface area contributed by atoms with Crippen molar-refractivity contribution in [3.05, 3.63) is 57.8 Å². The highest BCUT2D eigenvalue weighted by Gasteiger charge is 2.28. The van der Waals surface area contributed by atoms with Crippen molar-refractivity contribution in [3.63, 3.8) is 0 Å². The summed E-state index contributed by atoms with van der Waals surface area (Å²) in [4.78, 5) is 25.8. The van der Waals surface area contributed by atoms with Gasteiger partial charge in [0.15, 0.2) is 0 Å². The maximum atomic E-state index is 12.4. The van der Waals surface area contributed by atoms with Crippen molar-refractivity contribution in [1.29, 1.82) is 0 Å². The van der Waals surface area contributed by atoms with Crippen LogP contribution in [-0.2, 0) is 11.3 Å². The highest BCUT2D eigenvalue weighted by molar-refractivity contribution is 7.15. The summed E-state index contributed by atoms with van der Waals surface area (Å²) in [5.41, 5.74) is 1.14. The van der Waals surface area contributed by atoms with Crippen molar-refractivity contribution in [3.8, 4) is 0 Å². The number of rotatable bonds is 6. The van der Waals surface area contributed by atoms with Crippen LogP contribution in [0.3, 0.4) is 0 Å². The number of amides is 1. The van der Waals surface area contributed by atoms with Crippen molar-refractivity contribution in [2.45, 2.75) is 13.0 Å². The molecule has 0 bridgehead atoms. The zero-order valence-corrected chi connectivity index (χ0v) is 14.0. The Morgan fingerprint density at radius 3 is 2.62 bits per heavy atom. The number of hydrogen-bond donors (Lipinski definition) is 1. The summed E-state index contributed by atoms with van der Waals surface area (Å²) in [7, 11) is 0. The number of nitrogens with zero attached hydrogens (tertiary/aromatic N) is 1. The number of carboxylic acids is 1. The highest BCUT2D eigenvalue weighted by Crippen LogP contribution is 2.23. The molecule has 0 saturated carbocycles. The molecule has 2 heterocycles. The summed E-state index contributed by atoms with van der Waals surface area (Å²) in [6.07, 6.45) is 0.914. The fraction of sp³-hybridized carbons (Fsp3) is 0.333. The van der Waals surface area contributed by atoms with E-state index in [1.165, 1.54) is 6.07 Å². The largest absolute Gasteiger partial charge is 0.477 e. The number of hydrogen-bond acceptors (Lipinski definition) is 4. The zero-order chi connectivity index (χ0) is 16.9. The van der Waals surface area contributed by atoms with Crippen molar-refractivity contribution in [2.24, 2.45) is 5.92 Å². The average molecular weight is 345 g/mol. The van der Waals surface area contributed by atoms with Crippen LogP contribution in [0.25, 0.3) is 0 Å². The Morgan fingerprint density at radius 1 is 1.17 bits per heavy atom. The van der Waals surface area contributed by atoms with Gasteiger partial charge in [-0.25, -0.2) is 4.79 Å². The maximum absolute atomic E-state index is 12.4. The molecule has 24 heavy (non-hydrogen) atoms. The van der Waals surface area contributed by atoms with Crippen LogP contribution in [0.5, 0.6) is 0 Å². The van der Waals surface area contributed by atoms with E-state index in [1.54, 1.807) is 11.0 Å². The van der Waals surface area contributed by atoms with Gasteiger partial charge in [0.25, 0.3) is 5.91 Å². The van der Waals surface area contributed by atoms with Crippen LogP contribution < -0.4 is 0 Å². The molecule has 1 atom stereocenters. The van der Waals surface area contributed by atoms with Crippen LogP contribution in [0, 0.1) is 5.92 Å². The normalized spacial score (nSPS) is 17.2. The molecular weight excluding hydrogens is 326 g/mol. The Labute approximate surface area is 144 Å². The minimum Gasteiger partial charge on any atom is -0.477 e. The number of ether oxygens (including phenoxy) is 1. The molecule has 1 amide bonds. The molecule has 0 unspecified atom stereocenters. The predicted octanol–water partition coefficient (Wildman–Crippen LogP) is 3.13. The van der Waals surface area contributed by atoms with E-state index in [-0.39, 0.29) is 10.8 Å². The number of carbonyl (C=O) groups is 2. The van der Waals surface area contributed by atoms with Gasteiger partial charge in [0.1, 0.15) is 4.88 Å². The number of thiophene rings is 1. The predicted molar refractivity (Wildman–Crippen MR) is 91.4 cm³/mol. The van der Waals surface area contributed by atoms with Crippen LogP contribution in [0.1, 0.15) is 31.3 Å². The van der Waals surface area contributed by atoms with E-state index < -0.39 is 5.97 Å². The first-order chi connectivity index (χ1) is 11.6. The summed E-state index contributed by atoms with van der Waals surface area (Å²) in [6, 6.07) is 13.1. The highest BCUT2D eigenvalue weighted by atomic mass is 32.1. The minimum atomic E-state index is -0.993. The molecule has 1 aromatic carbocycles. The van der Waals surface area contributed by atoms with Gasteiger partial charge in [0.2, 0.25) is 0 Å². The van der Waals surface area contributed by atoms with E-state index in [0.29, 0.717) is 37.1 Å². The fourth-order valence-electron chi connectivity index (χ4n) is 2.79. The molecule has 0 aliphatic carbocycles. The van der Waals surface area contributed by atoms with Crippen LogP contribution in [0.15, 0.2) is 42.5 Å². The first kappa shape index (κ1) is 16.7. The molecule has 1 fully saturated rings. The maximum Gasteiger partial charge on any atom is 0.345 e. The van der Waals surface area contributed by atoms with Crippen LogP contribution >= 0.6 is 11.3 Å². The Hall–Kier alpha value is -2.18. The number of benzene rings is 1. The Morgan fingerprint density at radius 2 is 1.92 bits per heavy atom. The van der Waals surface area contributed by atoms with Crippen LogP contribution in [0.2, 0.25) is 0 Å². The quantitative estimate of drug-likeness (QED) is 0.873. The molecule has 1 saturated heterocycles. The number of carboxylic acid groups (broad SMARTS) is 1. The topological polar surface area (TPSA) is 66.8 Å². The van der Waals surface area contributed by atoms with Crippen LogP contribution in [0.4, 0.5) is 0 Å². The number of carbonyl (C=O) groups excluding carboxylic acids is 1. The molecule has 1 aliphatic rings. The summed E-state index contributed by atoms with van der Waals surface area (Å²) in [5.74, 6) is -0.748. The molecule has 1 aliphatic heterocycles. The van der Waals surface area contributed by atoms with Crippen molar-refractivity contribution >= 4 is 23.2 Å². The lowest BCUT2D eigenvalue weighted by Crippen LogP contribution is -2.28. The second-order valence-electron chi connectivity index (χ2n) is 5.88. The molecule has 3 rings (SSSR count). The second-order valence-corrected chi connectivity index (χ2v) is 6.96. The molecule has 5 nitrogen and oxygen atoms in total. The van der Waals surface area contributed by atoms with Gasteiger partial charge in [-0.3, -0.25) is 4.79 Å². The van der Waals surface area contributed by atoms with Crippen LogP contribution in [-0.4, -0.2) is 41.6 Å². The smallest absolute Gasteiger partial charge is 0.345 e. The van der Waals surface area contributed by atoms with E-state index >= 15 is 0 Å². The van der Waals surface area contributed by atoms with E-state index in [4.69, 9.17) is 9.84 Å². The van der Waals surface area contributed by atoms with Gasteiger partial charge >= 0.3 is 5.97 Å². The van der Waals surface area contributed by atoms with Gasteiger partial charge in [-0.15, -0.1) is 11.3 Å². The Bertz CT molecular complexity index is 713. The molecule has 0 spiro atoms. The summed E-state index contributed by atoms with van der Waals surface area (Å²) >= 11 is 1.03. The molecule has 1 aromatic heterocycles. The molecule has 1 N–H and O–H groups in total. The fourth-order valence-corrected chi connectivity index (χ4v) is 3.61. The lowest BCUT2D eigenvalue weighted by molar-refractivity contribution is 0.0700. The lowest BCUT2D eigenvalue weighted by atomic mass is 10.1. The standard InChI is InChI=1S/C18H19NO4S/c20-17(15-6-7-16(24-15)18(21)22)19-9-8-14(10-19)12-23-11-13-4-2-1-3-5-13/h1-7,14H,8-12H2,(H,21,22)/t14-/m0/s1. The molecule has 0 radical (unpaired) electrons. The van der Waals surface area contributed by atoms with E-state index in [2.05, 4.69) is 0 Å². The first-order valence-electron chi connectivity index (χ1n) is 7.87. The van der Waals surface area contributed by atoms with Gasteiger partial charge in [-0.05, 0) is 24.1 Å². The molecule has 126 valence electrons. The van der Waals surface area contributed by atoms with Gasteiger partial charge in [0, 0.05) is 19.0 Å². The molecule has 6 heteroatoms. The SMILES string of the molecule is O=C(O)c1ccc(C(=O)N2CC[C@H](COCc3ccccc3)C2)s1. The van der Waals surface area contributed by atoms with E-state index in [9.17, 15) is 9.59 Å². The van der Waals surface area contributed by atoms with Crippen molar-refractivity contribution < 1.29 is 19.4 Å². The summed E-state index contributed by atoms with van der Waals surface area (Å²) in [6.45, 7) is 2.56. The lowest BCUT2D eigenvalue weighted by Gasteiger charge is -2.15. The Kier molecular flexibility index (Phi) is 5.27. The first-order valence-corrected chi connectivity index (χ1v) is 8.69. The van der Waals surface area contributed by atoms with Gasteiger partial charge < -0.3 is 14.7 Å². The van der Waals surface area contributed by atoms with E-state index in [1.807, 2.05) is 30.3 Å². The minimum absolute atomic E-state index is 0.0851. The number of aromatic carboxylic acids is 1. The average Bonchev–Trinajstić information content (AvgIpc) is 3.25.